The smallest absolute Gasteiger partial charge is 0.399 e. The zero-order chi connectivity index (χ0) is 19.0. The minimum absolute atomic E-state index is 0.237. The molecular weight excluding hydrogens is 319 g/mol. The summed E-state index contributed by atoms with van der Waals surface area (Å²) in [7, 11) is 2.89. The minimum atomic E-state index is -0.568. The van der Waals surface area contributed by atoms with E-state index in [1.807, 2.05) is 34.6 Å². The zero-order valence-corrected chi connectivity index (χ0v) is 16.0. The van der Waals surface area contributed by atoms with Crippen molar-refractivity contribution >= 4 is 24.1 Å². The van der Waals surface area contributed by atoms with E-state index >= 15 is 0 Å². The number of aryl methyl sites for hydroxylation is 1. The van der Waals surface area contributed by atoms with E-state index in [4.69, 9.17) is 15.0 Å². The molecule has 8 heteroatoms. The molecule has 0 unspecified atom stereocenters. The van der Waals surface area contributed by atoms with Crippen molar-refractivity contribution in [2.75, 3.05) is 7.05 Å². The summed E-state index contributed by atoms with van der Waals surface area (Å²) < 4.78 is 13.6. The Balaban J connectivity index is 2.43. The molecule has 1 fully saturated rings. The van der Waals surface area contributed by atoms with Gasteiger partial charge in [-0.1, -0.05) is 0 Å². The van der Waals surface area contributed by atoms with Crippen molar-refractivity contribution in [2.24, 2.45) is 17.8 Å². The van der Waals surface area contributed by atoms with Gasteiger partial charge in [0.05, 0.1) is 11.2 Å². The molecule has 25 heavy (non-hydrogen) atoms. The molecule has 0 atom stereocenters. The lowest BCUT2D eigenvalue weighted by Gasteiger charge is -2.32. The molecule has 1 aliphatic heterocycles. The second-order valence-electron chi connectivity index (χ2n) is 7.28. The van der Waals surface area contributed by atoms with Gasteiger partial charge >= 0.3 is 7.12 Å². The van der Waals surface area contributed by atoms with E-state index < -0.39 is 18.3 Å². The SMILES string of the molecule is CN/C(C)=C\C(N)=Nc1cc(B2OC(C)(C)C(C)(C)O2)cn(C)c1=O. The Labute approximate surface area is 149 Å². The third-order valence-electron chi connectivity index (χ3n) is 4.72. The highest BCUT2D eigenvalue weighted by Gasteiger charge is 2.51. The number of allylic oxidation sites excluding steroid dienone is 1. The number of nitrogens with one attached hydrogen (secondary N) is 1. The first-order chi connectivity index (χ1) is 11.5. The normalized spacial score (nSPS) is 20.0. The van der Waals surface area contributed by atoms with Crippen molar-refractivity contribution in [2.45, 2.75) is 45.8 Å². The third-order valence-corrected chi connectivity index (χ3v) is 4.72. The molecule has 2 heterocycles. The second kappa shape index (κ2) is 6.69. The number of nitrogens with zero attached hydrogens (tertiary/aromatic N) is 2. The molecule has 1 aromatic heterocycles. The van der Waals surface area contributed by atoms with Crippen molar-refractivity contribution in [1.29, 1.82) is 0 Å². The van der Waals surface area contributed by atoms with E-state index in [0.717, 1.165) is 11.2 Å². The Morgan fingerprint density at radius 2 is 1.88 bits per heavy atom. The Hall–Kier alpha value is -2.06. The van der Waals surface area contributed by atoms with Crippen LogP contribution in [-0.4, -0.2) is 35.8 Å². The quantitative estimate of drug-likeness (QED) is 0.478. The van der Waals surface area contributed by atoms with E-state index in [1.54, 1.807) is 32.4 Å². The number of hydrogen-bond donors (Lipinski definition) is 2. The van der Waals surface area contributed by atoms with Crippen LogP contribution in [0.3, 0.4) is 0 Å². The zero-order valence-electron chi connectivity index (χ0n) is 16.0. The average molecular weight is 346 g/mol. The van der Waals surface area contributed by atoms with Gasteiger partial charge in [-0.2, -0.15) is 0 Å². The van der Waals surface area contributed by atoms with Gasteiger partial charge in [-0.05, 0) is 46.8 Å². The van der Waals surface area contributed by atoms with Crippen LogP contribution in [0, 0.1) is 0 Å². The van der Waals surface area contributed by atoms with Crippen molar-refractivity contribution in [3.05, 3.63) is 34.4 Å². The largest absolute Gasteiger partial charge is 0.496 e. The van der Waals surface area contributed by atoms with Gasteiger partial charge in [0.2, 0.25) is 0 Å². The predicted octanol–water partition coefficient (Wildman–Crippen LogP) is 0.796. The van der Waals surface area contributed by atoms with Gasteiger partial charge in [-0.15, -0.1) is 0 Å². The lowest BCUT2D eigenvalue weighted by Crippen LogP contribution is -2.41. The number of nitrogens with two attached hydrogens (primary N) is 1. The van der Waals surface area contributed by atoms with Crippen LogP contribution in [0.4, 0.5) is 5.69 Å². The van der Waals surface area contributed by atoms with Crippen LogP contribution in [0.2, 0.25) is 0 Å². The number of hydrogen-bond acceptors (Lipinski definition) is 5. The molecule has 1 saturated heterocycles. The standard InChI is InChI=1S/C17H27BN4O3/c1-11(20-6)8-14(19)21-13-9-12(10-22(7)15(13)23)18-24-16(2,3)17(4,5)25-18/h8-10,20H,1-7H3,(H2,19,21)/b11-8-. The number of aromatic nitrogens is 1. The molecule has 7 nitrogen and oxygen atoms in total. The summed E-state index contributed by atoms with van der Waals surface area (Å²) >= 11 is 0. The monoisotopic (exact) mass is 346 g/mol. The number of pyridine rings is 1. The first kappa shape index (κ1) is 19.3. The van der Waals surface area contributed by atoms with Crippen LogP contribution in [0.15, 0.2) is 33.8 Å². The summed E-state index contributed by atoms with van der Waals surface area (Å²) in [5.41, 5.74) is 6.58. The predicted molar refractivity (Wildman–Crippen MR) is 101 cm³/mol. The molecule has 2 rings (SSSR count). The summed E-state index contributed by atoms with van der Waals surface area (Å²) in [6.45, 7) is 9.80. The molecule has 1 aliphatic rings. The Kier molecular flexibility index (Phi) is 5.15. The molecule has 136 valence electrons. The van der Waals surface area contributed by atoms with Crippen LogP contribution in [-0.2, 0) is 16.4 Å². The van der Waals surface area contributed by atoms with Crippen LogP contribution >= 0.6 is 0 Å². The molecular formula is C17H27BN4O3. The van der Waals surface area contributed by atoms with Gasteiger partial charge < -0.3 is 24.9 Å². The summed E-state index contributed by atoms with van der Waals surface area (Å²) in [5.74, 6) is 0.245. The summed E-state index contributed by atoms with van der Waals surface area (Å²) in [5, 5.41) is 2.96. The van der Waals surface area contributed by atoms with E-state index in [2.05, 4.69) is 10.3 Å². The van der Waals surface area contributed by atoms with Gasteiger partial charge in [-0.25, -0.2) is 4.99 Å². The van der Waals surface area contributed by atoms with Crippen molar-refractivity contribution in [1.82, 2.24) is 9.88 Å². The lowest BCUT2D eigenvalue weighted by molar-refractivity contribution is 0.00578. The van der Waals surface area contributed by atoms with Crippen molar-refractivity contribution < 1.29 is 9.31 Å². The van der Waals surface area contributed by atoms with E-state index in [-0.39, 0.29) is 17.1 Å². The summed E-state index contributed by atoms with van der Waals surface area (Å²) in [6.07, 6.45) is 3.37. The molecule has 1 aromatic rings. The maximum Gasteiger partial charge on any atom is 0.496 e. The highest BCUT2D eigenvalue weighted by molar-refractivity contribution is 6.62. The maximum absolute atomic E-state index is 12.4. The first-order valence-electron chi connectivity index (χ1n) is 8.23. The third kappa shape index (κ3) is 3.96. The van der Waals surface area contributed by atoms with Crippen LogP contribution in [0.25, 0.3) is 0 Å². The van der Waals surface area contributed by atoms with Crippen molar-refractivity contribution in [3.8, 4) is 0 Å². The van der Waals surface area contributed by atoms with Gasteiger partial charge in [-0.3, -0.25) is 4.79 Å². The van der Waals surface area contributed by atoms with Crippen LogP contribution in [0.1, 0.15) is 34.6 Å². The summed E-state index contributed by atoms with van der Waals surface area (Å²) in [6, 6.07) is 1.67. The molecule has 0 amide bonds. The topological polar surface area (TPSA) is 90.9 Å². The molecule has 0 saturated carbocycles. The second-order valence-corrected chi connectivity index (χ2v) is 7.28. The van der Waals surface area contributed by atoms with Gasteiger partial charge in [0.25, 0.3) is 5.56 Å². The average Bonchev–Trinajstić information content (AvgIpc) is 2.71. The molecule has 0 aromatic carbocycles. The molecule has 0 aliphatic carbocycles. The number of amidine groups is 1. The van der Waals surface area contributed by atoms with E-state index in [9.17, 15) is 4.79 Å². The fourth-order valence-corrected chi connectivity index (χ4v) is 2.37. The van der Waals surface area contributed by atoms with Gasteiger partial charge in [0, 0.05) is 31.5 Å². The highest BCUT2D eigenvalue weighted by Crippen LogP contribution is 2.36. The molecule has 0 radical (unpaired) electrons. The fraction of sp³-hybridized carbons (Fsp3) is 0.529. The van der Waals surface area contributed by atoms with Crippen LogP contribution < -0.4 is 22.1 Å². The Morgan fingerprint density at radius 3 is 2.40 bits per heavy atom. The maximum atomic E-state index is 12.4. The number of aliphatic imine (C=N–C) groups is 1. The molecule has 0 spiro atoms. The molecule has 0 bridgehead atoms. The van der Waals surface area contributed by atoms with Gasteiger partial charge in [0.1, 0.15) is 11.5 Å². The number of rotatable bonds is 4. The lowest BCUT2D eigenvalue weighted by atomic mass is 9.80. The van der Waals surface area contributed by atoms with Crippen LogP contribution in [0.5, 0.6) is 0 Å². The summed E-state index contributed by atoms with van der Waals surface area (Å²) in [4.78, 5) is 16.6. The van der Waals surface area contributed by atoms with E-state index in [0.29, 0.717) is 0 Å². The van der Waals surface area contributed by atoms with E-state index in [1.165, 1.54) is 4.57 Å². The first-order valence-corrected chi connectivity index (χ1v) is 8.23. The molecule has 3 N–H and O–H groups in total. The highest BCUT2D eigenvalue weighted by atomic mass is 16.7. The van der Waals surface area contributed by atoms with Gasteiger partial charge in [0.15, 0.2) is 0 Å². The minimum Gasteiger partial charge on any atom is -0.399 e. The van der Waals surface area contributed by atoms with Crippen molar-refractivity contribution in [3.63, 3.8) is 0 Å². The Morgan fingerprint density at radius 1 is 1.32 bits per heavy atom. The Bertz CT molecular complexity index is 765. The fourth-order valence-electron chi connectivity index (χ4n) is 2.37.